The number of benzene rings is 1. The summed E-state index contributed by atoms with van der Waals surface area (Å²) in [4.78, 5) is 30.2. The Kier molecular flexibility index (Phi) is 4.41. The number of hydrogen-bond acceptors (Lipinski definition) is 3. The van der Waals surface area contributed by atoms with Gasteiger partial charge < -0.3 is 0 Å². The molecule has 0 fully saturated rings. The molecule has 0 spiro atoms. The van der Waals surface area contributed by atoms with Crippen molar-refractivity contribution < 1.29 is 13.2 Å². The first-order valence-corrected chi connectivity index (χ1v) is 9.38. The van der Waals surface area contributed by atoms with Crippen molar-refractivity contribution >= 4 is 16.9 Å². The van der Waals surface area contributed by atoms with Crippen LogP contribution in [0.15, 0.2) is 40.1 Å². The van der Waals surface area contributed by atoms with Gasteiger partial charge in [-0.25, -0.2) is 4.79 Å². The number of halogens is 3. The number of aryl methyl sites for hydroxylation is 2. The van der Waals surface area contributed by atoms with Gasteiger partial charge in [0.1, 0.15) is 0 Å². The van der Waals surface area contributed by atoms with E-state index in [9.17, 15) is 22.8 Å². The van der Waals surface area contributed by atoms with Gasteiger partial charge in [-0.05, 0) is 37.1 Å². The Bertz CT molecular complexity index is 1390. The number of nitrogens with zero attached hydrogens (tertiary/aromatic N) is 5. The Morgan fingerprint density at radius 1 is 1.10 bits per heavy atom. The molecule has 0 bridgehead atoms. The molecule has 30 heavy (non-hydrogen) atoms. The summed E-state index contributed by atoms with van der Waals surface area (Å²) in [5.41, 5.74) is -0.0264. The van der Waals surface area contributed by atoms with Crippen LogP contribution in [0.3, 0.4) is 0 Å². The molecular formula is C20H20F3N5O2. The molecule has 0 aliphatic heterocycles. The van der Waals surface area contributed by atoms with Gasteiger partial charge in [-0.15, -0.1) is 0 Å². The van der Waals surface area contributed by atoms with Gasteiger partial charge in [0.05, 0.1) is 5.56 Å². The van der Waals surface area contributed by atoms with E-state index < -0.39 is 23.0 Å². The minimum absolute atomic E-state index is 0.0924. The summed E-state index contributed by atoms with van der Waals surface area (Å²) in [6.45, 7) is 5.86. The lowest BCUT2D eigenvalue weighted by Crippen LogP contribution is -2.40. The summed E-state index contributed by atoms with van der Waals surface area (Å²) >= 11 is 0. The Balaban J connectivity index is 2.01. The second-order valence-corrected chi connectivity index (χ2v) is 7.76. The number of hydrogen-bond donors (Lipinski definition) is 0. The van der Waals surface area contributed by atoms with Crippen molar-refractivity contribution in [3.05, 3.63) is 62.6 Å². The van der Waals surface area contributed by atoms with Gasteiger partial charge in [0, 0.05) is 31.2 Å². The molecule has 158 valence electrons. The minimum Gasteiger partial charge on any atom is -0.283 e. The third-order valence-corrected chi connectivity index (χ3v) is 5.03. The van der Waals surface area contributed by atoms with Gasteiger partial charge in [-0.2, -0.15) is 18.2 Å². The van der Waals surface area contributed by atoms with E-state index in [-0.39, 0.29) is 23.6 Å². The van der Waals surface area contributed by atoms with Crippen molar-refractivity contribution in [3.8, 4) is 5.69 Å². The van der Waals surface area contributed by atoms with Crippen molar-refractivity contribution in [1.82, 2.24) is 23.1 Å². The molecule has 7 nitrogen and oxygen atoms in total. The van der Waals surface area contributed by atoms with Gasteiger partial charge in [-0.1, -0.05) is 13.8 Å². The van der Waals surface area contributed by atoms with E-state index in [2.05, 4.69) is 4.98 Å². The molecule has 0 saturated carbocycles. The molecule has 0 atom stereocenters. The van der Waals surface area contributed by atoms with Crippen LogP contribution in [-0.2, 0) is 19.8 Å². The van der Waals surface area contributed by atoms with Gasteiger partial charge in [0.25, 0.3) is 5.56 Å². The Labute approximate surface area is 168 Å². The topological polar surface area (TPSA) is 66.2 Å². The normalized spacial score (nSPS) is 12.5. The van der Waals surface area contributed by atoms with E-state index >= 15 is 0 Å². The highest BCUT2D eigenvalue weighted by molar-refractivity contribution is 5.76. The first-order valence-electron chi connectivity index (χ1n) is 9.38. The van der Waals surface area contributed by atoms with Crippen molar-refractivity contribution in [3.63, 3.8) is 0 Å². The van der Waals surface area contributed by atoms with Crippen molar-refractivity contribution in [2.75, 3.05) is 0 Å². The lowest BCUT2D eigenvalue weighted by atomic mass is 10.2. The summed E-state index contributed by atoms with van der Waals surface area (Å²) in [5, 5.41) is 0. The highest BCUT2D eigenvalue weighted by atomic mass is 19.4. The van der Waals surface area contributed by atoms with Crippen LogP contribution in [0.1, 0.15) is 25.1 Å². The molecule has 0 aliphatic rings. The fourth-order valence-electron chi connectivity index (χ4n) is 3.66. The maximum atomic E-state index is 13.1. The number of fused-ring (bicyclic) bond motifs is 3. The van der Waals surface area contributed by atoms with Crippen LogP contribution in [0.2, 0.25) is 0 Å². The summed E-state index contributed by atoms with van der Waals surface area (Å²) in [6, 6.07) is 4.70. The summed E-state index contributed by atoms with van der Waals surface area (Å²) in [5.74, 6) is 0.436. The predicted molar refractivity (Wildman–Crippen MR) is 106 cm³/mol. The number of aromatic nitrogens is 5. The van der Waals surface area contributed by atoms with Crippen LogP contribution in [0, 0.1) is 12.8 Å². The van der Waals surface area contributed by atoms with E-state index in [0.29, 0.717) is 17.2 Å². The molecule has 10 heteroatoms. The molecule has 0 saturated heterocycles. The number of rotatable bonds is 3. The number of imidazole rings is 2. The maximum Gasteiger partial charge on any atom is 0.416 e. The lowest BCUT2D eigenvalue weighted by Gasteiger charge is -2.10. The first-order chi connectivity index (χ1) is 14.0. The quantitative estimate of drug-likeness (QED) is 0.513. The highest BCUT2D eigenvalue weighted by Gasteiger charge is 2.30. The fourth-order valence-corrected chi connectivity index (χ4v) is 3.66. The molecule has 0 unspecified atom stereocenters. The van der Waals surface area contributed by atoms with Crippen LogP contribution in [0.5, 0.6) is 0 Å². The Hall–Kier alpha value is -3.30. The summed E-state index contributed by atoms with van der Waals surface area (Å²) in [7, 11) is 1.54. The SMILES string of the molecule is Cc1cn2c3c(=O)n(CC(C)C)c(=O)n(C)c3nc2n1-c1ccc(C(F)(F)F)cc1. The van der Waals surface area contributed by atoms with E-state index in [1.165, 1.54) is 21.3 Å². The van der Waals surface area contributed by atoms with E-state index in [1.807, 2.05) is 13.8 Å². The zero-order valence-electron chi connectivity index (χ0n) is 16.9. The molecule has 0 aliphatic carbocycles. The second-order valence-electron chi connectivity index (χ2n) is 7.76. The van der Waals surface area contributed by atoms with E-state index in [1.54, 1.807) is 29.1 Å². The first kappa shape index (κ1) is 20.0. The molecule has 3 aromatic heterocycles. The second kappa shape index (κ2) is 6.61. The molecule has 3 heterocycles. The molecule has 1 aromatic carbocycles. The molecule has 0 N–H and O–H groups in total. The molecule has 4 aromatic rings. The van der Waals surface area contributed by atoms with Crippen LogP contribution in [0.4, 0.5) is 13.2 Å². The third kappa shape index (κ3) is 2.94. The average Bonchev–Trinajstić information content (AvgIpc) is 3.17. The largest absolute Gasteiger partial charge is 0.416 e. The Morgan fingerprint density at radius 3 is 2.30 bits per heavy atom. The van der Waals surface area contributed by atoms with E-state index in [0.717, 1.165) is 12.1 Å². The van der Waals surface area contributed by atoms with Crippen molar-refractivity contribution in [2.24, 2.45) is 13.0 Å². The smallest absolute Gasteiger partial charge is 0.283 e. The lowest BCUT2D eigenvalue weighted by molar-refractivity contribution is -0.137. The standard InChI is InChI=1S/C20H20F3N5O2/c1-11(2)9-27-17(29)15-16(25(4)19(27)30)24-18-26(15)10-12(3)28(18)14-7-5-13(6-8-14)20(21,22)23/h5-8,10-11H,9H2,1-4H3. The summed E-state index contributed by atoms with van der Waals surface area (Å²) < 4.78 is 44.4. The van der Waals surface area contributed by atoms with Gasteiger partial charge in [0.2, 0.25) is 5.78 Å². The average molecular weight is 419 g/mol. The summed E-state index contributed by atoms with van der Waals surface area (Å²) in [6.07, 6.45) is -2.74. The van der Waals surface area contributed by atoms with Gasteiger partial charge in [0.15, 0.2) is 11.2 Å². The zero-order valence-corrected chi connectivity index (χ0v) is 16.9. The highest BCUT2D eigenvalue weighted by Crippen LogP contribution is 2.30. The Morgan fingerprint density at radius 2 is 1.73 bits per heavy atom. The predicted octanol–water partition coefficient (Wildman–Crippen LogP) is 3.12. The fraction of sp³-hybridized carbons (Fsp3) is 0.350. The minimum atomic E-state index is -4.43. The molecular weight excluding hydrogens is 399 g/mol. The van der Waals surface area contributed by atoms with Gasteiger partial charge in [-0.3, -0.25) is 22.9 Å². The molecule has 0 amide bonds. The van der Waals surface area contributed by atoms with E-state index in [4.69, 9.17) is 0 Å². The van der Waals surface area contributed by atoms with Crippen LogP contribution in [0.25, 0.3) is 22.6 Å². The van der Waals surface area contributed by atoms with Gasteiger partial charge >= 0.3 is 11.9 Å². The van der Waals surface area contributed by atoms with Crippen molar-refractivity contribution in [1.29, 1.82) is 0 Å². The van der Waals surface area contributed by atoms with Crippen molar-refractivity contribution in [2.45, 2.75) is 33.5 Å². The molecule has 0 radical (unpaired) electrons. The van der Waals surface area contributed by atoms with Crippen LogP contribution in [-0.4, -0.2) is 23.1 Å². The monoisotopic (exact) mass is 419 g/mol. The van der Waals surface area contributed by atoms with Crippen LogP contribution < -0.4 is 11.2 Å². The number of alkyl halides is 3. The zero-order chi connectivity index (χ0) is 22.0. The third-order valence-electron chi connectivity index (χ3n) is 5.03. The van der Waals surface area contributed by atoms with Crippen LogP contribution >= 0.6 is 0 Å². The molecule has 4 rings (SSSR count). The maximum absolute atomic E-state index is 13.1.